The fraction of sp³-hybridized carbons (Fsp3) is 0.0500. The quantitative estimate of drug-likeness (QED) is 0.459. The third-order valence-corrected chi connectivity index (χ3v) is 4.29. The van der Waals surface area contributed by atoms with E-state index < -0.39 is 0 Å². The van der Waals surface area contributed by atoms with Gasteiger partial charge < -0.3 is 4.98 Å². The fourth-order valence-corrected chi connectivity index (χ4v) is 3.07. The van der Waals surface area contributed by atoms with E-state index in [-0.39, 0.29) is 0 Å². The fourth-order valence-electron chi connectivity index (χ4n) is 3.07. The number of benzene rings is 2. The second kappa shape index (κ2) is 4.86. The van der Waals surface area contributed by atoms with Crippen LogP contribution in [0.4, 0.5) is 0 Å². The van der Waals surface area contributed by atoms with E-state index in [1.807, 2.05) is 43.3 Å². The molecule has 114 valence electrons. The van der Waals surface area contributed by atoms with Crippen LogP contribution in [0.2, 0.25) is 0 Å². The van der Waals surface area contributed by atoms with Gasteiger partial charge in [0.2, 0.25) is 0 Å². The molecule has 5 rings (SSSR count). The van der Waals surface area contributed by atoms with Crippen molar-refractivity contribution in [3.8, 4) is 11.5 Å². The number of aromatic nitrogens is 4. The molecule has 4 heteroatoms. The van der Waals surface area contributed by atoms with E-state index in [9.17, 15) is 0 Å². The molecule has 0 aliphatic carbocycles. The number of aromatic amines is 1. The van der Waals surface area contributed by atoms with E-state index in [0.717, 1.165) is 50.1 Å². The maximum Gasteiger partial charge on any atom is 0.157 e. The molecular formula is C20H14N4. The van der Waals surface area contributed by atoms with E-state index >= 15 is 0 Å². The van der Waals surface area contributed by atoms with Crippen molar-refractivity contribution in [2.24, 2.45) is 0 Å². The topological polar surface area (TPSA) is 54.5 Å². The monoisotopic (exact) mass is 310 g/mol. The highest BCUT2D eigenvalue weighted by atomic mass is 14.9. The van der Waals surface area contributed by atoms with Crippen molar-refractivity contribution in [1.29, 1.82) is 0 Å². The molecule has 0 fully saturated rings. The van der Waals surface area contributed by atoms with Gasteiger partial charge in [0, 0.05) is 16.5 Å². The minimum Gasteiger partial charge on any atom is -0.337 e. The molecule has 5 aromatic rings. The van der Waals surface area contributed by atoms with Crippen LogP contribution in [0, 0.1) is 6.92 Å². The largest absolute Gasteiger partial charge is 0.337 e. The highest BCUT2D eigenvalue weighted by Crippen LogP contribution is 2.26. The SMILES string of the molecule is Cc1ccc2ccc3ccc(-c4nc5ccccc5[nH]4)nc3c2n1. The molecule has 0 atom stereocenters. The molecule has 0 saturated heterocycles. The Balaban J connectivity index is 1.80. The number of pyridine rings is 2. The van der Waals surface area contributed by atoms with Gasteiger partial charge in [-0.2, -0.15) is 0 Å². The maximum atomic E-state index is 4.85. The molecule has 0 saturated carbocycles. The predicted molar refractivity (Wildman–Crippen MR) is 96.9 cm³/mol. The lowest BCUT2D eigenvalue weighted by atomic mass is 10.1. The molecule has 0 aliphatic rings. The van der Waals surface area contributed by atoms with Crippen molar-refractivity contribution in [2.75, 3.05) is 0 Å². The first-order valence-corrected chi connectivity index (χ1v) is 7.90. The van der Waals surface area contributed by atoms with Gasteiger partial charge in [-0.3, -0.25) is 4.98 Å². The predicted octanol–water partition coefficient (Wildman–Crippen LogP) is 4.63. The summed E-state index contributed by atoms with van der Waals surface area (Å²) in [4.78, 5) is 17.5. The highest BCUT2D eigenvalue weighted by Gasteiger charge is 2.09. The number of H-pyrrole nitrogens is 1. The summed E-state index contributed by atoms with van der Waals surface area (Å²) in [6, 6.07) is 20.4. The zero-order chi connectivity index (χ0) is 16.1. The molecule has 24 heavy (non-hydrogen) atoms. The summed E-state index contributed by atoms with van der Waals surface area (Å²) in [6.45, 7) is 2.00. The third kappa shape index (κ3) is 1.97. The molecule has 0 bridgehead atoms. The lowest BCUT2D eigenvalue weighted by molar-refractivity contribution is 1.24. The van der Waals surface area contributed by atoms with Gasteiger partial charge in [-0.25, -0.2) is 9.97 Å². The van der Waals surface area contributed by atoms with Crippen LogP contribution in [-0.2, 0) is 0 Å². The summed E-state index contributed by atoms with van der Waals surface area (Å²) in [7, 11) is 0. The van der Waals surface area contributed by atoms with Crippen molar-refractivity contribution in [1.82, 2.24) is 19.9 Å². The Morgan fingerprint density at radius 2 is 1.42 bits per heavy atom. The van der Waals surface area contributed by atoms with Gasteiger partial charge >= 0.3 is 0 Å². The second-order valence-corrected chi connectivity index (χ2v) is 5.96. The van der Waals surface area contributed by atoms with E-state index in [1.165, 1.54) is 0 Å². The number of fused-ring (bicyclic) bond motifs is 4. The maximum absolute atomic E-state index is 4.85. The zero-order valence-electron chi connectivity index (χ0n) is 13.1. The first-order valence-electron chi connectivity index (χ1n) is 7.90. The van der Waals surface area contributed by atoms with Gasteiger partial charge in [0.15, 0.2) is 5.82 Å². The number of hydrogen-bond acceptors (Lipinski definition) is 3. The van der Waals surface area contributed by atoms with Crippen LogP contribution in [0.15, 0.2) is 60.7 Å². The normalized spacial score (nSPS) is 11.5. The molecule has 3 aromatic heterocycles. The molecule has 3 heterocycles. The van der Waals surface area contributed by atoms with Crippen molar-refractivity contribution in [3.05, 3.63) is 66.4 Å². The molecule has 1 N–H and O–H groups in total. The van der Waals surface area contributed by atoms with Gasteiger partial charge in [-0.1, -0.05) is 36.4 Å². The van der Waals surface area contributed by atoms with E-state index in [2.05, 4.69) is 39.2 Å². The zero-order valence-corrected chi connectivity index (χ0v) is 13.1. The second-order valence-electron chi connectivity index (χ2n) is 5.96. The number of rotatable bonds is 1. The summed E-state index contributed by atoms with van der Waals surface area (Å²) in [5.41, 5.74) is 5.63. The minimum atomic E-state index is 0.780. The molecule has 4 nitrogen and oxygen atoms in total. The van der Waals surface area contributed by atoms with Crippen molar-refractivity contribution >= 4 is 32.8 Å². The Bertz CT molecular complexity index is 1190. The molecule has 2 aromatic carbocycles. The van der Waals surface area contributed by atoms with Crippen molar-refractivity contribution < 1.29 is 0 Å². The Hall–Kier alpha value is -3.27. The number of hydrogen-bond donors (Lipinski definition) is 1. The standard InChI is InChI=1S/C20H14N4/c1-12-6-7-13-8-9-14-10-11-17(22-19(14)18(13)21-12)20-23-15-4-2-3-5-16(15)24-20/h2-11H,1H3,(H,23,24). The summed E-state index contributed by atoms with van der Waals surface area (Å²) in [5.74, 6) is 0.780. The lowest BCUT2D eigenvalue weighted by Gasteiger charge is -2.05. The Labute approximate surface area is 138 Å². The van der Waals surface area contributed by atoms with Crippen LogP contribution in [0.25, 0.3) is 44.4 Å². The minimum absolute atomic E-state index is 0.780. The van der Waals surface area contributed by atoms with Crippen LogP contribution >= 0.6 is 0 Å². The molecule has 0 spiro atoms. The Morgan fingerprint density at radius 3 is 2.25 bits per heavy atom. The van der Waals surface area contributed by atoms with Gasteiger partial charge in [0.05, 0.1) is 22.1 Å². The average molecular weight is 310 g/mol. The molecule has 0 amide bonds. The summed E-state index contributed by atoms with van der Waals surface area (Å²) in [5, 5.41) is 2.18. The summed E-state index contributed by atoms with van der Waals surface area (Å²) < 4.78 is 0. The van der Waals surface area contributed by atoms with Gasteiger partial charge in [-0.05, 0) is 31.2 Å². The van der Waals surface area contributed by atoms with Gasteiger partial charge in [0.1, 0.15) is 5.69 Å². The first kappa shape index (κ1) is 13.2. The van der Waals surface area contributed by atoms with Crippen LogP contribution in [0.3, 0.4) is 0 Å². The average Bonchev–Trinajstić information content (AvgIpc) is 3.05. The summed E-state index contributed by atoms with van der Waals surface area (Å²) in [6.07, 6.45) is 0. The van der Waals surface area contributed by atoms with E-state index in [0.29, 0.717) is 0 Å². The molecule has 0 unspecified atom stereocenters. The van der Waals surface area contributed by atoms with Crippen LogP contribution in [0.5, 0.6) is 0 Å². The molecule has 0 aliphatic heterocycles. The van der Waals surface area contributed by atoms with Crippen LogP contribution in [0.1, 0.15) is 5.69 Å². The first-order chi connectivity index (χ1) is 11.8. The Morgan fingerprint density at radius 1 is 0.708 bits per heavy atom. The number of nitrogens with one attached hydrogen (secondary N) is 1. The number of para-hydroxylation sites is 2. The van der Waals surface area contributed by atoms with E-state index in [1.54, 1.807) is 0 Å². The van der Waals surface area contributed by atoms with Crippen molar-refractivity contribution in [2.45, 2.75) is 6.92 Å². The number of aryl methyl sites for hydroxylation is 1. The van der Waals surface area contributed by atoms with Gasteiger partial charge in [0.25, 0.3) is 0 Å². The summed E-state index contributed by atoms with van der Waals surface area (Å²) >= 11 is 0. The van der Waals surface area contributed by atoms with Crippen LogP contribution < -0.4 is 0 Å². The number of imidazole rings is 1. The highest BCUT2D eigenvalue weighted by molar-refractivity contribution is 6.03. The van der Waals surface area contributed by atoms with Crippen molar-refractivity contribution in [3.63, 3.8) is 0 Å². The third-order valence-electron chi connectivity index (χ3n) is 4.29. The molecule has 0 radical (unpaired) electrons. The van der Waals surface area contributed by atoms with E-state index in [4.69, 9.17) is 4.98 Å². The van der Waals surface area contributed by atoms with Crippen LogP contribution in [-0.4, -0.2) is 19.9 Å². The van der Waals surface area contributed by atoms with Gasteiger partial charge in [-0.15, -0.1) is 0 Å². The smallest absolute Gasteiger partial charge is 0.157 e. The number of nitrogens with zero attached hydrogens (tertiary/aromatic N) is 3. The Kier molecular flexibility index (Phi) is 2.67. The molecular weight excluding hydrogens is 296 g/mol. The lowest BCUT2D eigenvalue weighted by Crippen LogP contribution is -1.91.